The van der Waals surface area contributed by atoms with Gasteiger partial charge in [0.1, 0.15) is 0 Å². The van der Waals surface area contributed by atoms with Gasteiger partial charge in [-0.05, 0) is 50.5 Å². The van der Waals surface area contributed by atoms with Crippen LogP contribution in [-0.2, 0) is 11.3 Å². The van der Waals surface area contributed by atoms with Crippen molar-refractivity contribution >= 4 is 17.7 Å². The zero-order chi connectivity index (χ0) is 21.3. The van der Waals surface area contributed by atoms with Crippen molar-refractivity contribution in [2.45, 2.75) is 58.8 Å². The summed E-state index contributed by atoms with van der Waals surface area (Å²) in [5.41, 5.74) is 9.08. The van der Waals surface area contributed by atoms with Gasteiger partial charge in [0, 0.05) is 43.0 Å². The number of fused-ring (bicyclic) bond motifs is 1. The van der Waals surface area contributed by atoms with Crippen LogP contribution in [0.4, 0.5) is 10.5 Å². The first-order valence-electron chi connectivity index (χ1n) is 9.92. The molecule has 3 N–H and O–H groups in total. The number of nitrogens with two attached hydrogens (primary N) is 1. The van der Waals surface area contributed by atoms with Gasteiger partial charge in [-0.1, -0.05) is 6.07 Å². The molecule has 0 spiro atoms. The Morgan fingerprint density at radius 3 is 2.66 bits per heavy atom. The number of carboxylic acid groups (broad SMARTS) is 1. The van der Waals surface area contributed by atoms with E-state index in [-0.39, 0.29) is 24.0 Å². The minimum atomic E-state index is -0.958. The quantitative estimate of drug-likeness (QED) is 0.804. The van der Waals surface area contributed by atoms with Crippen molar-refractivity contribution in [2.24, 2.45) is 5.73 Å². The van der Waals surface area contributed by atoms with Crippen molar-refractivity contribution in [1.82, 2.24) is 14.7 Å². The van der Waals surface area contributed by atoms with Crippen LogP contribution in [0.1, 0.15) is 45.7 Å². The van der Waals surface area contributed by atoms with Crippen molar-refractivity contribution in [2.75, 3.05) is 11.4 Å². The van der Waals surface area contributed by atoms with Crippen LogP contribution in [-0.4, -0.2) is 50.4 Å². The van der Waals surface area contributed by atoms with E-state index in [9.17, 15) is 14.7 Å². The van der Waals surface area contributed by atoms with E-state index < -0.39 is 6.09 Å². The molecule has 0 unspecified atom stereocenters. The highest BCUT2D eigenvalue weighted by Gasteiger charge is 2.38. The summed E-state index contributed by atoms with van der Waals surface area (Å²) in [6.45, 7) is 8.38. The summed E-state index contributed by atoms with van der Waals surface area (Å²) in [6, 6.07) is 5.25. The molecule has 156 valence electrons. The third kappa shape index (κ3) is 3.98. The molecular weight excluding hydrogens is 370 g/mol. The van der Waals surface area contributed by atoms with Crippen LogP contribution < -0.4 is 10.6 Å². The van der Waals surface area contributed by atoms with Crippen LogP contribution >= 0.6 is 0 Å². The van der Waals surface area contributed by atoms with Crippen LogP contribution in [0.3, 0.4) is 0 Å². The number of hydrogen-bond acceptors (Lipinski definition) is 4. The van der Waals surface area contributed by atoms with Gasteiger partial charge in [-0.3, -0.25) is 14.4 Å². The summed E-state index contributed by atoms with van der Waals surface area (Å²) in [4.78, 5) is 27.6. The highest BCUT2D eigenvalue weighted by molar-refractivity contribution is 5.94. The van der Waals surface area contributed by atoms with Gasteiger partial charge in [0.2, 0.25) is 5.91 Å². The van der Waals surface area contributed by atoms with Gasteiger partial charge in [-0.15, -0.1) is 0 Å². The van der Waals surface area contributed by atoms with E-state index in [0.29, 0.717) is 19.5 Å². The van der Waals surface area contributed by atoms with Crippen molar-refractivity contribution in [1.29, 1.82) is 0 Å². The number of anilines is 1. The molecule has 1 aliphatic rings. The zero-order valence-corrected chi connectivity index (χ0v) is 17.4. The third-order valence-electron chi connectivity index (χ3n) is 5.43. The van der Waals surface area contributed by atoms with Gasteiger partial charge in [0.15, 0.2) is 0 Å². The zero-order valence-electron chi connectivity index (χ0n) is 17.4. The predicted octanol–water partition coefficient (Wildman–Crippen LogP) is 3.08. The second-order valence-corrected chi connectivity index (χ2v) is 7.83. The molecule has 8 heteroatoms. The topological polar surface area (TPSA) is 105 Å². The summed E-state index contributed by atoms with van der Waals surface area (Å²) >= 11 is 0. The molecular formula is C21H29N5O3. The number of amides is 2. The van der Waals surface area contributed by atoms with E-state index >= 15 is 0 Å². The fourth-order valence-electron chi connectivity index (χ4n) is 4.24. The number of hydrogen-bond donors (Lipinski definition) is 2. The molecule has 2 amide bonds. The van der Waals surface area contributed by atoms with Gasteiger partial charge in [-0.25, -0.2) is 4.79 Å². The van der Waals surface area contributed by atoms with Gasteiger partial charge in [-0.2, -0.15) is 5.10 Å². The van der Waals surface area contributed by atoms with Gasteiger partial charge in [0.05, 0.1) is 18.8 Å². The fourth-order valence-corrected chi connectivity index (χ4v) is 4.24. The maximum Gasteiger partial charge on any atom is 0.408 e. The maximum atomic E-state index is 12.3. The average Bonchev–Trinajstić information content (AvgIpc) is 3.09. The summed E-state index contributed by atoms with van der Waals surface area (Å²) in [7, 11) is 0. The molecule has 0 saturated heterocycles. The number of carbonyl (C=O) groups excluding carboxylic acids is 1. The van der Waals surface area contributed by atoms with E-state index in [2.05, 4.69) is 5.10 Å². The molecule has 0 aliphatic carbocycles. The molecule has 2 aromatic rings. The number of benzene rings is 1. The first-order valence-corrected chi connectivity index (χ1v) is 9.92. The minimum Gasteiger partial charge on any atom is -0.465 e. The van der Waals surface area contributed by atoms with Crippen molar-refractivity contribution in [3.63, 3.8) is 0 Å². The second kappa shape index (κ2) is 8.24. The summed E-state index contributed by atoms with van der Waals surface area (Å²) < 4.78 is 1.79. The maximum absolute atomic E-state index is 12.3. The number of carbonyl (C=O) groups is 2. The van der Waals surface area contributed by atoms with Crippen LogP contribution in [0, 0.1) is 0 Å². The highest BCUT2D eigenvalue weighted by atomic mass is 16.4. The Kier molecular flexibility index (Phi) is 5.93. The van der Waals surface area contributed by atoms with Crippen LogP contribution in [0.25, 0.3) is 11.1 Å². The largest absolute Gasteiger partial charge is 0.465 e. The predicted molar refractivity (Wildman–Crippen MR) is 112 cm³/mol. The molecule has 0 fully saturated rings. The molecule has 2 heterocycles. The van der Waals surface area contributed by atoms with Crippen molar-refractivity contribution < 1.29 is 14.7 Å². The highest BCUT2D eigenvalue weighted by Crippen LogP contribution is 2.43. The standard InChI is InChI=1S/C21H29N5O3/c1-13(2)25(21(28)29)20-9-14(3)26(15(4)27)19-6-5-16(10-18(19)20)17-11-23-24(12-17)8-7-22/h5-6,10-14,20H,7-9,22H2,1-4H3,(H,28,29)/t14-,20+/m0/s1. The van der Waals surface area contributed by atoms with E-state index in [1.165, 1.54) is 4.90 Å². The molecule has 1 aromatic carbocycles. The molecule has 29 heavy (non-hydrogen) atoms. The first kappa shape index (κ1) is 20.9. The Hall–Kier alpha value is -2.87. The number of nitrogens with zero attached hydrogens (tertiary/aromatic N) is 4. The molecule has 0 saturated carbocycles. The van der Waals surface area contributed by atoms with Gasteiger partial charge >= 0.3 is 6.09 Å². The van der Waals surface area contributed by atoms with E-state index in [4.69, 9.17) is 5.73 Å². The lowest BCUT2D eigenvalue weighted by Crippen LogP contribution is -2.48. The summed E-state index contributed by atoms with van der Waals surface area (Å²) in [6.07, 6.45) is 3.29. The van der Waals surface area contributed by atoms with Crippen LogP contribution in [0.15, 0.2) is 30.6 Å². The lowest BCUT2D eigenvalue weighted by atomic mass is 9.88. The SMILES string of the molecule is CC(=O)N1c2ccc(-c3cnn(CCN)c3)cc2[C@H](N(C(=O)O)C(C)C)C[C@@H]1C. The number of aromatic nitrogens is 2. The van der Waals surface area contributed by atoms with Gasteiger partial charge in [0.25, 0.3) is 0 Å². The number of rotatable bonds is 5. The lowest BCUT2D eigenvalue weighted by molar-refractivity contribution is -0.117. The lowest BCUT2D eigenvalue weighted by Gasteiger charge is -2.43. The Balaban J connectivity index is 2.12. The van der Waals surface area contributed by atoms with E-state index in [1.54, 1.807) is 22.7 Å². The fraction of sp³-hybridized carbons (Fsp3) is 0.476. The molecule has 8 nitrogen and oxygen atoms in total. The molecule has 0 radical (unpaired) electrons. The Labute approximate surface area is 170 Å². The molecule has 0 bridgehead atoms. The van der Waals surface area contributed by atoms with Crippen LogP contribution in [0.5, 0.6) is 0 Å². The van der Waals surface area contributed by atoms with E-state index in [1.807, 2.05) is 45.2 Å². The van der Waals surface area contributed by atoms with Crippen LogP contribution in [0.2, 0.25) is 0 Å². The third-order valence-corrected chi connectivity index (χ3v) is 5.43. The second-order valence-electron chi connectivity index (χ2n) is 7.83. The Morgan fingerprint density at radius 2 is 2.07 bits per heavy atom. The summed E-state index contributed by atoms with van der Waals surface area (Å²) in [5.74, 6) is -0.0489. The molecule has 2 atom stereocenters. The van der Waals surface area contributed by atoms with Crippen molar-refractivity contribution in [3.8, 4) is 11.1 Å². The normalized spacial score (nSPS) is 18.6. The van der Waals surface area contributed by atoms with E-state index in [0.717, 1.165) is 22.4 Å². The average molecular weight is 399 g/mol. The summed E-state index contributed by atoms with van der Waals surface area (Å²) in [5, 5.41) is 14.2. The molecule has 1 aliphatic heterocycles. The van der Waals surface area contributed by atoms with Crippen molar-refractivity contribution in [3.05, 3.63) is 36.2 Å². The smallest absolute Gasteiger partial charge is 0.408 e. The molecule has 3 rings (SSSR count). The first-order chi connectivity index (χ1) is 13.7. The van der Waals surface area contributed by atoms with Gasteiger partial charge < -0.3 is 15.7 Å². The monoisotopic (exact) mass is 399 g/mol. The Morgan fingerprint density at radius 1 is 1.34 bits per heavy atom. The Bertz CT molecular complexity index is 907. The minimum absolute atomic E-state index is 0.0489. The molecule has 1 aromatic heterocycles.